The first kappa shape index (κ1) is 10.2. The van der Waals surface area contributed by atoms with Crippen molar-refractivity contribution >= 4 is 0 Å². The SMILES string of the molecule is Cc1ccc(C(C)C(C)(C)C)cn1. The number of hydrogen-bond donors (Lipinski definition) is 0. The molecule has 0 aliphatic rings. The molecule has 1 unspecified atom stereocenters. The molecule has 1 atom stereocenters. The predicted octanol–water partition coefficient (Wildman–Crippen LogP) is 3.54. The van der Waals surface area contributed by atoms with Gasteiger partial charge in [-0.1, -0.05) is 33.8 Å². The molecule has 0 fully saturated rings. The van der Waals surface area contributed by atoms with Crippen LogP contribution in [0.3, 0.4) is 0 Å². The van der Waals surface area contributed by atoms with E-state index in [0.717, 1.165) is 5.69 Å². The molecule has 72 valence electrons. The van der Waals surface area contributed by atoms with Gasteiger partial charge in [0.2, 0.25) is 0 Å². The molecule has 1 aromatic rings. The van der Waals surface area contributed by atoms with Gasteiger partial charge < -0.3 is 0 Å². The Kier molecular flexibility index (Phi) is 2.74. The highest BCUT2D eigenvalue weighted by atomic mass is 14.7. The normalized spacial score (nSPS) is 14.2. The van der Waals surface area contributed by atoms with Gasteiger partial charge in [0.15, 0.2) is 0 Å². The van der Waals surface area contributed by atoms with Crippen molar-refractivity contribution in [1.29, 1.82) is 0 Å². The van der Waals surface area contributed by atoms with Gasteiger partial charge in [0.25, 0.3) is 0 Å². The van der Waals surface area contributed by atoms with Crippen LogP contribution in [0, 0.1) is 12.3 Å². The first-order valence-corrected chi connectivity index (χ1v) is 4.84. The third-order valence-corrected chi connectivity index (χ3v) is 2.73. The third-order valence-electron chi connectivity index (χ3n) is 2.73. The average Bonchev–Trinajstić information content (AvgIpc) is 2.03. The van der Waals surface area contributed by atoms with Crippen molar-refractivity contribution in [3.8, 4) is 0 Å². The fourth-order valence-electron chi connectivity index (χ4n) is 1.24. The van der Waals surface area contributed by atoms with E-state index in [2.05, 4.69) is 44.8 Å². The molecule has 0 amide bonds. The Morgan fingerprint density at radius 1 is 1.23 bits per heavy atom. The minimum atomic E-state index is 0.316. The Morgan fingerprint density at radius 2 is 1.85 bits per heavy atom. The van der Waals surface area contributed by atoms with Crippen LogP contribution in [0.15, 0.2) is 18.3 Å². The molecule has 0 aliphatic carbocycles. The number of rotatable bonds is 1. The molecule has 0 aliphatic heterocycles. The van der Waals surface area contributed by atoms with E-state index in [4.69, 9.17) is 0 Å². The molecule has 1 rings (SSSR count). The second kappa shape index (κ2) is 3.49. The second-order valence-corrected chi connectivity index (χ2v) is 4.82. The summed E-state index contributed by atoms with van der Waals surface area (Å²) < 4.78 is 0. The van der Waals surface area contributed by atoms with Gasteiger partial charge in [0, 0.05) is 11.9 Å². The quantitative estimate of drug-likeness (QED) is 0.639. The molecule has 1 heteroatoms. The lowest BCUT2D eigenvalue weighted by atomic mass is 9.78. The van der Waals surface area contributed by atoms with E-state index < -0.39 is 0 Å². The van der Waals surface area contributed by atoms with Crippen LogP contribution in [0.25, 0.3) is 0 Å². The molecule has 0 radical (unpaired) electrons. The van der Waals surface area contributed by atoms with Crippen LogP contribution in [0.5, 0.6) is 0 Å². The van der Waals surface area contributed by atoms with Crippen molar-refractivity contribution in [1.82, 2.24) is 4.98 Å². The Balaban J connectivity index is 2.90. The molecule has 0 aromatic carbocycles. The van der Waals surface area contributed by atoms with Gasteiger partial charge >= 0.3 is 0 Å². The van der Waals surface area contributed by atoms with Gasteiger partial charge in [0.1, 0.15) is 0 Å². The fourth-order valence-corrected chi connectivity index (χ4v) is 1.24. The Labute approximate surface area is 81.2 Å². The highest BCUT2D eigenvalue weighted by Gasteiger charge is 2.21. The summed E-state index contributed by atoms with van der Waals surface area (Å²) in [7, 11) is 0. The van der Waals surface area contributed by atoms with Crippen LogP contribution >= 0.6 is 0 Å². The minimum absolute atomic E-state index is 0.316. The van der Waals surface area contributed by atoms with Crippen LogP contribution in [0.2, 0.25) is 0 Å². The molecule has 0 saturated heterocycles. The lowest BCUT2D eigenvalue weighted by Gasteiger charge is -2.27. The van der Waals surface area contributed by atoms with Crippen molar-refractivity contribution in [2.24, 2.45) is 5.41 Å². The zero-order valence-electron chi connectivity index (χ0n) is 9.26. The van der Waals surface area contributed by atoms with Gasteiger partial charge in [-0.15, -0.1) is 0 Å². The van der Waals surface area contributed by atoms with Gasteiger partial charge in [0.05, 0.1) is 0 Å². The van der Waals surface area contributed by atoms with Crippen LogP contribution in [-0.2, 0) is 0 Å². The minimum Gasteiger partial charge on any atom is -0.261 e. The number of pyridine rings is 1. The summed E-state index contributed by atoms with van der Waals surface area (Å²) in [6.45, 7) is 11.1. The topological polar surface area (TPSA) is 12.9 Å². The molecule has 1 nitrogen and oxygen atoms in total. The van der Waals surface area contributed by atoms with E-state index in [1.807, 2.05) is 13.1 Å². The van der Waals surface area contributed by atoms with Gasteiger partial charge in [-0.2, -0.15) is 0 Å². The van der Waals surface area contributed by atoms with Crippen molar-refractivity contribution in [2.45, 2.75) is 40.5 Å². The monoisotopic (exact) mass is 177 g/mol. The maximum absolute atomic E-state index is 4.31. The average molecular weight is 177 g/mol. The van der Waals surface area contributed by atoms with Crippen LogP contribution < -0.4 is 0 Å². The third kappa shape index (κ3) is 2.55. The van der Waals surface area contributed by atoms with E-state index >= 15 is 0 Å². The van der Waals surface area contributed by atoms with Crippen LogP contribution in [-0.4, -0.2) is 4.98 Å². The van der Waals surface area contributed by atoms with Gasteiger partial charge in [-0.05, 0) is 29.9 Å². The second-order valence-electron chi connectivity index (χ2n) is 4.82. The lowest BCUT2D eigenvalue weighted by Crippen LogP contribution is -2.15. The summed E-state index contributed by atoms with van der Waals surface area (Å²) in [5, 5.41) is 0. The van der Waals surface area contributed by atoms with Crippen LogP contribution in [0.1, 0.15) is 44.9 Å². The summed E-state index contributed by atoms with van der Waals surface area (Å²) in [6, 6.07) is 4.26. The number of hydrogen-bond acceptors (Lipinski definition) is 1. The molecular formula is C12H19N. The first-order valence-electron chi connectivity index (χ1n) is 4.84. The first-order chi connectivity index (χ1) is 5.91. The number of nitrogens with zero attached hydrogens (tertiary/aromatic N) is 1. The highest BCUT2D eigenvalue weighted by molar-refractivity contribution is 5.18. The number of aromatic nitrogens is 1. The smallest absolute Gasteiger partial charge is 0.0372 e. The standard InChI is InChI=1S/C12H19N/c1-9-6-7-11(8-13-9)10(2)12(3,4)5/h6-8,10H,1-5H3. The maximum atomic E-state index is 4.31. The molecular weight excluding hydrogens is 158 g/mol. The zero-order chi connectivity index (χ0) is 10.1. The van der Waals surface area contributed by atoms with Crippen molar-refractivity contribution in [3.63, 3.8) is 0 Å². The van der Waals surface area contributed by atoms with E-state index in [1.165, 1.54) is 5.56 Å². The van der Waals surface area contributed by atoms with Crippen LogP contribution in [0.4, 0.5) is 0 Å². The lowest BCUT2D eigenvalue weighted by molar-refractivity contribution is 0.339. The van der Waals surface area contributed by atoms with Gasteiger partial charge in [-0.25, -0.2) is 0 Å². The molecule has 0 bridgehead atoms. The predicted molar refractivity (Wildman–Crippen MR) is 56.8 cm³/mol. The zero-order valence-corrected chi connectivity index (χ0v) is 9.26. The molecule has 1 heterocycles. The summed E-state index contributed by atoms with van der Waals surface area (Å²) in [5.41, 5.74) is 2.74. The molecule has 0 spiro atoms. The highest BCUT2D eigenvalue weighted by Crippen LogP contribution is 2.33. The molecule has 0 N–H and O–H groups in total. The van der Waals surface area contributed by atoms with E-state index in [9.17, 15) is 0 Å². The van der Waals surface area contributed by atoms with E-state index in [-0.39, 0.29) is 0 Å². The fraction of sp³-hybridized carbons (Fsp3) is 0.583. The number of aryl methyl sites for hydroxylation is 1. The van der Waals surface area contributed by atoms with Crippen molar-refractivity contribution in [3.05, 3.63) is 29.6 Å². The van der Waals surface area contributed by atoms with Crippen molar-refractivity contribution < 1.29 is 0 Å². The molecule has 13 heavy (non-hydrogen) atoms. The largest absolute Gasteiger partial charge is 0.261 e. The maximum Gasteiger partial charge on any atom is 0.0372 e. The Hall–Kier alpha value is -0.850. The Bertz CT molecular complexity index is 266. The Morgan fingerprint density at radius 3 is 2.23 bits per heavy atom. The van der Waals surface area contributed by atoms with E-state index in [1.54, 1.807) is 0 Å². The summed E-state index contributed by atoms with van der Waals surface area (Å²) in [4.78, 5) is 4.31. The molecule has 0 saturated carbocycles. The summed E-state index contributed by atoms with van der Waals surface area (Å²) >= 11 is 0. The summed E-state index contributed by atoms with van der Waals surface area (Å²) in [6.07, 6.45) is 1.99. The summed E-state index contributed by atoms with van der Waals surface area (Å²) in [5.74, 6) is 0.556. The molecule has 1 aromatic heterocycles. The van der Waals surface area contributed by atoms with E-state index in [0.29, 0.717) is 11.3 Å². The van der Waals surface area contributed by atoms with Crippen molar-refractivity contribution in [2.75, 3.05) is 0 Å². The van der Waals surface area contributed by atoms with Gasteiger partial charge in [-0.3, -0.25) is 4.98 Å².